The van der Waals surface area contributed by atoms with Crippen molar-refractivity contribution in [3.8, 4) is 0 Å². The van der Waals surface area contributed by atoms with Crippen LogP contribution >= 0.6 is 0 Å². The fourth-order valence-electron chi connectivity index (χ4n) is 2.98. The number of aromatic amines is 1. The Balaban J connectivity index is 1.83. The van der Waals surface area contributed by atoms with Crippen LogP contribution in [0.4, 0.5) is 0 Å². The minimum absolute atomic E-state index is 0.132. The van der Waals surface area contributed by atoms with E-state index in [2.05, 4.69) is 22.4 Å². The summed E-state index contributed by atoms with van der Waals surface area (Å²) in [6.45, 7) is 0.894. The van der Waals surface area contributed by atoms with E-state index < -0.39 is 10.1 Å². The van der Waals surface area contributed by atoms with Crippen molar-refractivity contribution in [1.82, 2.24) is 10.3 Å². The Morgan fingerprint density at radius 2 is 2.10 bits per heavy atom. The summed E-state index contributed by atoms with van der Waals surface area (Å²) in [6, 6.07) is 8.35. The van der Waals surface area contributed by atoms with E-state index in [0.29, 0.717) is 12.8 Å². The first kappa shape index (κ1) is 13.6. The first-order valence-corrected chi connectivity index (χ1v) is 8.43. The third-order valence-corrected chi connectivity index (χ3v) is 4.66. The molecule has 3 rings (SSSR count). The topological polar surface area (TPSA) is 82.2 Å². The van der Waals surface area contributed by atoms with Gasteiger partial charge in [0.15, 0.2) is 0 Å². The molecule has 1 aromatic heterocycles. The van der Waals surface area contributed by atoms with Crippen molar-refractivity contribution in [3.05, 3.63) is 35.5 Å². The number of para-hydroxylation sites is 1. The molecular weight excluding hydrogens is 276 g/mol. The van der Waals surface area contributed by atoms with Crippen LogP contribution < -0.4 is 5.32 Å². The second-order valence-electron chi connectivity index (χ2n) is 5.25. The Hall–Kier alpha value is -1.37. The standard InChI is InChI=1S/C14H18N2O3S/c17-20(18,19)9-3-6-13-14-11(7-8-15-13)10-4-1-2-5-12(10)16-14/h1-2,4-5,13,15-16H,3,6-9H2,(H,17,18,19). The maximum absolute atomic E-state index is 10.8. The average molecular weight is 294 g/mol. The van der Waals surface area contributed by atoms with Crippen molar-refractivity contribution in [2.75, 3.05) is 12.3 Å². The molecule has 6 heteroatoms. The summed E-state index contributed by atoms with van der Waals surface area (Å²) in [5.74, 6) is -0.180. The Kier molecular flexibility index (Phi) is 3.54. The lowest BCUT2D eigenvalue weighted by Crippen LogP contribution is -2.30. The summed E-state index contributed by atoms with van der Waals surface area (Å²) in [7, 11) is -3.86. The van der Waals surface area contributed by atoms with Gasteiger partial charge in [0.25, 0.3) is 10.1 Å². The predicted octanol–water partition coefficient (Wildman–Crippen LogP) is 2.02. The molecule has 1 atom stereocenters. The van der Waals surface area contributed by atoms with Gasteiger partial charge in [-0.25, -0.2) is 0 Å². The molecule has 0 aliphatic carbocycles. The zero-order valence-electron chi connectivity index (χ0n) is 11.1. The third kappa shape index (κ3) is 2.72. The Bertz CT molecular complexity index is 721. The largest absolute Gasteiger partial charge is 0.357 e. The number of hydrogen-bond donors (Lipinski definition) is 3. The molecule has 1 aliphatic rings. The zero-order valence-corrected chi connectivity index (χ0v) is 11.9. The fraction of sp³-hybridized carbons (Fsp3) is 0.429. The van der Waals surface area contributed by atoms with E-state index >= 15 is 0 Å². The summed E-state index contributed by atoms with van der Waals surface area (Å²) >= 11 is 0. The van der Waals surface area contributed by atoms with Crippen LogP contribution in [0.3, 0.4) is 0 Å². The van der Waals surface area contributed by atoms with Crippen LogP contribution in [0.5, 0.6) is 0 Å². The maximum Gasteiger partial charge on any atom is 0.264 e. The first-order valence-electron chi connectivity index (χ1n) is 6.82. The summed E-state index contributed by atoms with van der Waals surface area (Å²) in [6.07, 6.45) is 2.12. The molecule has 0 bridgehead atoms. The number of rotatable bonds is 4. The minimum Gasteiger partial charge on any atom is -0.357 e. The van der Waals surface area contributed by atoms with E-state index in [4.69, 9.17) is 4.55 Å². The van der Waals surface area contributed by atoms with Crippen LogP contribution in [0.2, 0.25) is 0 Å². The normalized spacial score (nSPS) is 19.1. The highest BCUT2D eigenvalue weighted by Gasteiger charge is 2.23. The smallest absolute Gasteiger partial charge is 0.264 e. The number of benzene rings is 1. The second kappa shape index (κ2) is 5.20. The van der Waals surface area contributed by atoms with Crippen LogP contribution in [-0.4, -0.2) is 30.3 Å². The Morgan fingerprint density at radius 3 is 2.90 bits per heavy atom. The highest BCUT2D eigenvalue weighted by Crippen LogP contribution is 2.31. The average Bonchev–Trinajstić information content (AvgIpc) is 2.77. The van der Waals surface area contributed by atoms with Crippen molar-refractivity contribution in [2.45, 2.75) is 25.3 Å². The number of aromatic nitrogens is 1. The summed E-state index contributed by atoms with van der Waals surface area (Å²) in [5, 5.41) is 4.67. The molecular formula is C14H18N2O3S. The van der Waals surface area contributed by atoms with E-state index in [0.717, 1.165) is 24.2 Å². The molecule has 0 amide bonds. The van der Waals surface area contributed by atoms with Gasteiger partial charge in [-0.15, -0.1) is 0 Å². The Labute approximate surface area is 118 Å². The molecule has 2 heterocycles. The van der Waals surface area contributed by atoms with Gasteiger partial charge in [0.05, 0.1) is 5.75 Å². The molecule has 5 nitrogen and oxygen atoms in total. The van der Waals surface area contributed by atoms with Crippen molar-refractivity contribution < 1.29 is 13.0 Å². The van der Waals surface area contributed by atoms with Gasteiger partial charge >= 0.3 is 0 Å². The van der Waals surface area contributed by atoms with E-state index in [-0.39, 0.29) is 11.8 Å². The molecule has 108 valence electrons. The van der Waals surface area contributed by atoms with E-state index in [9.17, 15) is 8.42 Å². The molecule has 1 aromatic carbocycles. The van der Waals surface area contributed by atoms with Gasteiger partial charge in [0.1, 0.15) is 0 Å². The van der Waals surface area contributed by atoms with Gasteiger partial charge in [0, 0.05) is 22.6 Å². The fourth-order valence-corrected chi connectivity index (χ4v) is 3.51. The van der Waals surface area contributed by atoms with Crippen LogP contribution in [0.15, 0.2) is 24.3 Å². The van der Waals surface area contributed by atoms with Gasteiger partial charge in [-0.1, -0.05) is 18.2 Å². The summed E-state index contributed by atoms with van der Waals surface area (Å²) in [5.41, 5.74) is 3.62. The Morgan fingerprint density at radius 1 is 1.30 bits per heavy atom. The van der Waals surface area contributed by atoms with Gasteiger partial charge < -0.3 is 10.3 Å². The first-order chi connectivity index (χ1) is 9.54. The van der Waals surface area contributed by atoms with E-state index in [1.165, 1.54) is 10.9 Å². The van der Waals surface area contributed by atoms with Gasteiger partial charge in [0.2, 0.25) is 0 Å². The van der Waals surface area contributed by atoms with E-state index in [1.807, 2.05) is 12.1 Å². The molecule has 1 unspecified atom stereocenters. The van der Waals surface area contributed by atoms with Crippen molar-refractivity contribution in [2.24, 2.45) is 0 Å². The van der Waals surface area contributed by atoms with Gasteiger partial charge in [-0.3, -0.25) is 4.55 Å². The molecule has 0 saturated carbocycles. The highest BCUT2D eigenvalue weighted by atomic mass is 32.2. The highest BCUT2D eigenvalue weighted by molar-refractivity contribution is 7.85. The molecule has 1 aliphatic heterocycles. The zero-order chi connectivity index (χ0) is 14.2. The predicted molar refractivity (Wildman–Crippen MR) is 78.4 cm³/mol. The summed E-state index contributed by atoms with van der Waals surface area (Å²) < 4.78 is 30.4. The molecule has 0 radical (unpaired) electrons. The van der Waals surface area contributed by atoms with Crippen LogP contribution in [0, 0.1) is 0 Å². The molecule has 0 saturated heterocycles. The lowest BCUT2D eigenvalue weighted by atomic mass is 9.97. The van der Waals surface area contributed by atoms with E-state index in [1.54, 1.807) is 0 Å². The lowest BCUT2D eigenvalue weighted by Gasteiger charge is -2.24. The molecule has 3 N–H and O–H groups in total. The molecule has 0 fully saturated rings. The molecule has 2 aromatic rings. The lowest BCUT2D eigenvalue weighted by molar-refractivity contribution is 0.451. The molecule has 0 spiro atoms. The van der Waals surface area contributed by atoms with Crippen molar-refractivity contribution in [3.63, 3.8) is 0 Å². The number of hydrogen-bond acceptors (Lipinski definition) is 3. The maximum atomic E-state index is 10.8. The number of H-pyrrole nitrogens is 1. The SMILES string of the molecule is O=S(=O)(O)CCCC1NCCc2c1[nH]c1ccccc21. The van der Waals surface area contributed by atoms with Crippen LogP contribution in [-0.2, 0) is 16.5 Å². The number of fused-ring (bicyclic) bond motifs is 3. The minimum atomic E-state index is -3.86. The van der Waals surface area contributed by atoms with Gasteiger partial charge in [-0.05, 0) is 37.4 Å². The quantitative estimate of drug-likeness (QED) is 0.753. The number of nitrogens with one attached hydrogen (secondary N) is 2. The third-order valence-electron chi connectivity index (χ3n) is 3.86. The second-order valence-corrected chi connectivity index (χ2v) is 6.82. The monoisotopic (exact) mass is 294 g/mol. The van der Waals surface area contributed by atoms with Crippen molar-refractivity contribution in [1.29, 1.82) is 0 Å². The molecule has 20 heavy (non-hydrogen) atoms. The van der Waals surface area contributed by atoms with Gasteiger partial charge in [-0.2, -0.15) is 8.42 Å². The van der Waals surface area contributed by atoms with Crippen LogP contribution in [0.25, 0.3) is 10.9 Å². The summed E-state index contributed by atoms with van der Waals surface area (Å²) in [4.78, 5) is 3.44. The van der Waals surface area contributed by atoms with Crippen molar-refractivity contribution >= 4 is 21.0 Å². The van der Waals surface area contributed by atoms with Crippen LogP contribution in [0.1, 0.15) is 30.1 Å².